The monoisotopic (exact) mass is 439 g/mol. The third-order valence-corrected chi connectivity index (χ3v) is 3.55. The molecule has 22 heavy (non-hydrogen) atoms. The average molecular weight is 440 g/mol. The van der Waals surface area contributed by atoms with E-state index in [-0.39, 0.29) is 35.5 Å². The van der Waals surface area contributed by atoms with Gasteiger partial charge in [0.15, 0.2) is 5.96 Å². The van der Waals surface area contributed by atoms with Crippen LogP contribution >= 0.6 is 35.6 Å². The molecule has 0 spiro atoms. The topological polar surface area (TPSA) is 45.7 Å². The zero-order valence-electron chi connectivity index (χ0n) is 13.9. The fourth-order valence-electron chi connectivity index (χ4n) is 1.94. The van der Waals surface area contributed by atoms with Gasteiger partial charge in [0.25, 0.3) is 0 Å². The number of aliphatic imine (C=N–C) groups is 1. The highest BCUT2D eigenvalue weighted by molar-refractivity contribution is 14.0. The van der Waals surface area contributed by atoms with Gasteiger partial charge in [0, 0.05) is 32.3 Å². The predicted octanol–water partition coefficient (Wildman–Crippen LogP) is 3.68. The van der Waals surface area contributed by atoms with Crippen LogP contribution in [-0.4, -0.2) is 32.8 Å². The second kappa shape index (κ2) is 10.3. The van der Waals surface area contributed by atoms with Gasteiger partial charge in [-0.15, -0.1) is 24.0 Å². The number of hydrogen-bond donors (Lipinski definition) is 2. The largest absolute Gasteiger partial charge is 0.379 e. The van der Waals surface area contributed by atoms with E-state index in [0.29, 0.717) is 13.1 Å². The molecule has 1 unspecified atom stereocenters. The van der Waals surface area contributed by atoms with E-state index in [9.17, 15) is 0 Å². The smallest absolute Gasteiger partial charge is 0.191 e. The van der Waals surface area contributed by atoms with Crippen LogP contribution in [0.5, 0.6) is 0 Å². The zero-order chi connectivity index (χ0) is 15.9. The first-order chi connectivity index (χ1) is 9.86. The highest BCUT2D eigenvalue weighted by Gasteiger charge is 2.24. The van der Waals surface area contributed by atoms with Crippen LogP contribution in [0.1, 0.15) is 26.3 Å². The summed E-state index contributed by atoms with van der Waals surface area (Å²) in [5.74, 6) is 0.760. The lowest BCUT2D eigenvalue weighted by Crippen LogP contribution is -2.45. The van der Waals surface area contributed by atoms with Gasteiger partial charge in [0.05, 0.1) is 6.10 Å². The molecule has 1 rings (SSSR count). The minimum absolute atomic E-state index is 0. The Morgan fingerprint density at radius 3 is 2.27 bits per heavy atom. The third kappa shape index (κ3) is 7.65. The SMILES string of the molecule is CN=C(NCc1ccc(Cl)cc1)NCC(OC)C(C)(C)C.I. The van der Waals surface area contributed by atoms with Crippen molar-refractivity contribution >= 4 is 41.5 Å². The predicted molar refractivity (Wildman–Crippen MR) is 105 cm³/mol. The third-order valence-electron chi connectivity index (χ3n) is 3.30. The first kappa shape index (κ1) is 21.5. The van der Waals surface area contributed by atoms with Crippen LogP contribution in [0.3, 0.4) is 0 Å². The maximum atomic E-state index is 5.87. The van der Waals surface area contributed by atoms with Crippen molar-refractivity contribution in [3.05, 3.63) is 34.9 Å². The molecule has 0 saturated heterocycles. The van der Waals surface area contributed by atoms with Gasteiger partial charge < -0.3 is 15.4 Å². The Hall–Kier alpha value is -0.530. The molecule has 0 radical (unpaired) electrons. The Bertz CT molecular complexity index is 457. The van der Waals surface area contributed by atoms with Gasteiger partial charge in [-0.1, -0.05) is 44.5 Å². The summed E-state index contributed by atoms with van der Waals surface area (Å²) in [6.07, 6.45) is 0.117. The maximum absolute atomic E-state index is 5.87. The van der Waals surface area contributed by atoms with Crippen LogP contribution in [0.25, 0.3) is 0 Å². The number of nitrogens with zero attached hydrogens (tertiary/aromatic N) is 1. The van der Waals surface area contributed by atoms with Crippen LogP contribution in [0, 0.1) is 5.41 Å². The molecule has 0 aliphatic heterocycles. The van der Waals surface area contributed by atoms with Crippen molar-refractivity contribution in [1.82, 2.24) is 10.6 Å². The molecule has 0 aromatic heterocycles. The van der Waals surface area contributed by atoms with Gasteiger partial charge in [-0.25, -0.2) is 0 Å². The Balaban J connectivity index is 0.00000441. The summed E-state index contributed by atoms with van der Waals surface area (Å²) in [6, 6.07) is 7.76. The van der Waals surface area contributed by atoms with E-state index in [1.54, 1.807) is 14.2 Å². The molecule has 0 fully saturated rings. The molecule has 0 bridgehead atoms. The van der Waals surface area contributed by atoms with Gasteiger partial charge in [-0.05, 0) is 23.1 Å². The van der Waals surface area contributed by atoms with E-state index < -0.39 is 0 Å². The van der Waals surface area contributed by atoms with Gasteiger partial charge in [-0.2, -0.15) is 0 Å². The van der Waals surface area contributed by atoms with Crippen molar-refractivity contribution in [3.63, 3.8) is 0 Å². The normalized spacial score (nSPS) is 13.3. The molecule has 4 nitrogen and oxygen atoms in total. The molecule has 1 atom stereocenters. The maximum Gasteiger partial charge on any atom is 0.191 e. The van der Waals surface area contributed by atoms with E-state index in [2.05, 4.69) is 36.4 Å². The Morgan fingerprint density at radius 1 is 1.23 bits per heavy atom. The molecule has 0 heterocycles. The van der Waals surface area contributed by atoms with Crippen LogP contribution < -0.4 is 10.6 Å². The van der Waals surface area contributed by atoms with E-state index in [1.807, 2.05) is 24.3 Å². The number of rotatable bonds is 5. The zero-order valence-corrected chi connectivity index (χ0v) is 17.0. The van der Waals surface area contributed by atoms with Crippen molar-refractivity contribution in [2.75, 3.05) is 20.7 Å². The number of halogens is 2. The van der Waals surface area contributed by atoms with Gasteiger partial charge in [0.2, 0.25) is 0 Å². The fraction of sp³-hybridized carbons (Fsp3) is 0.562. The standard InChI is InChI=1S/C16H26ClN3O.HI/c1-16(2,3)14(21-5)11-20-15(18-4)19-10-12-6-8-13(17)9-7-12;/h6-9,14H,10-11H2,1-5H3,(H2,18,19,20);1H. The number of benzene rings is 1. The molecular weight excluding hydrogens is 413 g/mol. The lowest BCUT2D eigenvalue weighted by molar-refractivity contribution is 0.0205. The Morgan fingerprint density at radius 2 is 1.82 bits per heavy atom. The van der Waals surface area contributed by atoms with Gasteiger partial charge >= 0.3 is 0 Å². The summed E-state index contributed by atoms with van der Waals surface area (Å²) in [5, 5.41) is 7.32. The number of guanidine groups is 1. The second-order valence-corrected chi connectivity index (χ2v) is 6.46. The number of methoxy groups -OCH3 is 1. The molecule has 2 N–H and O–H groups in total. The molecular formula is C16H27ClIN3O. The van der Waals surface area contributed by atoms with E-state index in [1.165, 1.54) is 0 Å². The molecule has 0 saturated carbocycles. The lowest BCUT2D eigenvalue weighted by Gasteiger charge is -2.30. The van der Waals surface area contributed by atoms with Crippen molar-refractivity contribution in [2.45, 2.75) is 33.4 Å². The molecule has 0 aliphatic rings. The van der Waals surface area contributed by atoms with E-state index >= 15 is 0 Å². The van der Waals surface area contributed by atoms with Crippen LogP contribution in [0.4, 0.5) is 0 Å². The summed E-state index contributed by atoms with van der Waals surface area (Å²) < 4.78 is 5.53. The summed E-state index contributed by atoms with van der Waals surface area (Å²) in [5.41, 5.74) is 1.23. The van der Waals surface area contributed by atoms with Crippen molar-refractivity contribution in [3.8, 4) is 0 Å². The Kier molecular flexibility index (Phi) is 10.0. The van der Waals surface area contributed by atoms with Crippen molar-refractivity contribution in [1.29, 1.82) is 0 Å². The molecule has 0 aliphatic carbocycles. The number of ether oxygens (including phenoxy) is 1. The van der Waals surface area contributed by atoms with Crippen LogP contribution in [-0.2, 0) is 11.3 Å². The van der Waals surface area contributed by atoms with Gasteiger partial charge in [-0.3, -0.25) is 4.99 Å². The summed E-state index contributed by atoms with van der Waals surface area (Å²) in [6.45, 7) is 7.89. The quantitative estimate of drug-likeness (QED) is 0.418. The van der Waals surface area contributed by atoms with Crippen molar-refractivity contribution in [2.24, 2.45) is 10.4 Å². The molecule has 6 heteroatoms. The first-order valence-electron chi connectivity index (χ1n) is 7.08. The summed E-state index contributed by atoms with van der Waals surface area (Å²) >= 11 is 5.87. The van der Waals surface area contributed by atoms with Crippen molar-refractivity contribution < 1.29 is 4.74 Å². The molecule has 126 valence electrons. The minimum Gasteiger partial charge on any atom is -0.379 e. The number of hydrogen-bond acceptors (Lipinski definition) is 2. The number of nitrogens with one attached hydrogen (secondary N) is 2. The first-order valence-corrected chi connectivity index (χ1v) is 7.46. The second-order valence-electron chi connectivity index (χ2n) is 6.02. The average Bonchev–Trinajstić information content (AvgIpc) is 2.43. The highest BCUT2D eigenvalue weighted by Crippen LogP contribution is 2.20. The minimum atomic E-state index is 0. The Labute approximate surface area is 156 Å². The van der Waals surface area contributed by atoms with Crippen LogP contribution in [0.2, 0.25) is 5.02 Å². The molecule has 1 aromatic carbocycles. The lowest BCUT2D eigenvalue weighted by atomic mass is 9.89. The fourth-order valence-corrected chi connectivity index (χ4v) is 2.07. The highest BCUT2D eigenvalue weighted by atomic mass is 127. The van der Waals surface area contributed by atoms with Crippen LogP contribution in [0.15, 0.2) is 29.3 Å². The van der Waals surface area contributed by atoms with E-state index in [0.717, 1.165) is 16.5 Å². The summed E-state index contributed by atoms with van der Waals surface area (Å²) in [7, 11) is 3.50. The summed E-state index contributed by atoms with van der Waals surface area (Å²) in [4.78, 5) is 4.22. The molecule has 0 amide bonds. The molecule has 1 aromatic rings. The van der Waals surface area contributed by atoms with Gasteiger partial charge in [0.1, 0.15) is 0 Å². The van der Waals surface area contributed by atoms with E-state index in [4.69, 9.17) is 16.3 Å².